The predicted octanol–water partition coefficient (Wildman–Crippen LogP) is 3.82. The lowest BCUT2D eigenvalue weighted by Crippen LogP contribution is -2.46. The van der Waals surface area contributed by atoms with E-state index in [4.69, 9.17) is 0 Å². The molecule has 2 saturated heterocycles. The second-order valence-electron chi connectivity index (χ2n) is 9.18. The molecule has 2 aliphatic heterocycles. The fraction of sp³-hybridized carbons (Fsp3) is 0.520. The first-order valence-corrected chi connectivity index (χ1v) is 13.5. The number of sulfone groups is 1. The Bertz CT molecular complexity index is 995. The number of benzene rings is 2. The highest BCUT2D eigenvalue weighted by Gasteiger charge is 2.27. The largest absolute Gasteiger partial charge is 0.299 e. The topological polar surface area (TPSA) is 43.9 Å². The zero-order valence-corrected chi connectivity index (χ0v) is 21.0. The van der Waals surface area contributed by atoms with E-state index < -0.39 is 9.84 Å². The fourth-order valence-electron chi connectivity index (χ4n) is 5.04. The summed E-state index contributed by atoms with van der Waals surface area (Å²) in [5, 5.41) is 0. The highest BCUT2D eigenvalue weighted by molar-refractivity contribution is 7.90. The summed E-state index contributed by atoms with van der Waals surface area (Å²) in [6.07, 6.45) is 4.69. The van der Waals surface area contributed by atoms with Gasteiger partial charge in [0.2, 0.25) is 0 Å². The van der Waals surface area contributed by atoms with Crippen molar-refractivity contribution in [2.24, 2.45) is 0 Å². The van der Waals surface area contributed by atoms with E-state index in [1.165, 1.54) is 11.8 Å². The molecule has 0 spiro atoms. The Morgan fingerprint density at radius 2 is 1.52 bits per heavy atom. The van der Waals surface area contributed by atoms with Crippen LogP contribution in [0, 0.1) is 5.82 Å². The normalized spacial score (nSPS) is 19.7. The molecule has 0 radical (unpaired) electrons. The molecule has 2 aromatic carbocycles. The van der Waals surface area contributed by atoms with Crippen LogP contribution in [0.3, 0.4) is 0 Å². The van der Waals surface area contributed by atoms with Crippen LogP contribution >= 0.6 is 12.4 Å². The summed E-state index contributed by atoms with van der Waals surface area (Å²) in [6.45, 7) is 7.89. The lowest BCUT2D eigenvalue weighted by molar-refractivity contribution is 0.106. The minimum absolute atomic E-state index is 0. The van der Waals surface area contributed by atoms with E-state index in [9.17, 15) is 12.8 Å². The zero-order chi connectivity index (χ0) is 22.6. The van der Waals surface area contributed by atoms with E-state index in [0.717, 1.165) is 70.6 Å². The van der Waals surface area contributed by atoms with Crippen LogP contribution in [0.25, 0.3) is 0 Å². The van der Waals surface area contributed by atoms with Crippen molar-refractivity contribution in [3.05, 3.63) is 65.5 Å². The van der Waals surface area contributed by atoms with E-state index >= 15 is 0 Å². The fourth-order valence-corrected chi connectivity index (χ4v) is 5.98. The van der Waals surface area contributed by atoms with Gasteiger partial charge in [0, 0.05) is 38.5 Å². The first-order valence-electron chi connectivity index (χ1n) is 11.6. The third-order valence-corrected chi connectivity index (χ3v) is 7.98. The van der Waals surface area contributed by atoms with Crippen molar-refractivity contribution in [1.82, 2.24) is 14.7 Å². The summed E-state index contributed by atoms with van der Waals surface area (Å²) in [6, 6.07) is 14.8. The molecular weight excluding hydrogens is 461 g/mol. The van der Waals surface area contributed by atoms with E-state index in [-0.39, 0.29) is 18.2 Å². The molecule has 0 N–H and O–H groups in total. The summed E-state index contributed by atoms with van der Waals surface area (Å²) in [5.41, 5.74) is 2.07. The molecule has 33 heavy (non-hydrogen) atoms. The number of likely N-dealkylation sites (tertiary alicyclic amines) is 1. The van der Waals surface area contributed by atoms with Gasteiger partial charge < -0.3 is 0 Å². The molecule has 4 rings (SSSR count). The minimum Gasteiger partial charge on any atom is -0.299 e. The maximum atomic E-state index is 13.2. The van der Waals surface area contributed by atoms with Crippen LogP contribution in [0.2, 0.25) is 0 Å². The maximum Gasteiger partial charge on any atom is 0.175 e. The van der Waals surface area contributed by atoms with Crippen LogP contribution in [-0.2, 0) is 22.9 Å². The Hall–Kier alpha value is -1.51. The van der Waals surface area contributed by atoms with Crippen molar-refractivity contribution in [1.29, 1.82) is 0 Å². The van der Waals surface area contributed by atoms with Crippen LogP contribution in [0.1, 0.15) is 30.4 Å². The Balaban J connectivity index is 0.00000306. The van der Waals surface area contributed by atoms with Gasteiger partial charge in [-0.2, -0.15) is 0 Å². The molecule has 0 amide bonds. The summed E-state index contributed by atoms with van der Waals surface area (Å²) in [7, 11) is -3.20. The molecule has 182 valence electrons. The summed E-state index contributed by atoms with van der Waals surface area (Å²) < 4.78 is 37.4. The van der Waals surface area contributed by atoms with E-state index in [1.54, 1.807) is 24.3 Å². The Labute approximate surface area is 203 Å². The van der Waals surface area contributed by atoms with Gasteiger partial charge in [-0.05, 0) is 74.8 Å². The van der Waals surface area contributed by atoms with Gasteiger partial charge in [0.15, 0.2) is 9.84 Å². The average Bonchev–Trinajstić information content (AvgIpc) is 3.01. The number of nitrogens with zero attached hydrogens (tertiary/aromatic N) is 3. The van der Waals surface area contributed by atoms with Gasteiger partial charge in [0.05, 0.1) is 4.90 Å². The summed E-state index contributed by atoms with van der Waals surface area (Å²) in [5.74, 6) is -0.179. The third kappa shape index (κ3) is 7.23. The molecule has 0 atom stereocenters. The van der Waals surface area contributed by atoms with Crippen LogP contribution in [0.5, 0.6) is 0 Å². The standard InChI is InChI=1S/C25H34FN3O2S.ClH/c1-32(30,31)25-6-3-2-5-22(25)20-28-15-11-24(12-16-28)29-14-4-13-27(17-18-29)19-21-7-9-23(26)10-8-21;/h2-3,5-10,24H,4,11-20H2,1H3;1H. The van der Waals surface area contributed by atoms with Gasteiger partial charge >= 0.3 is 0 Å². The van der Waals surface area contributed by atoms with Gasteiger partial charge in [0.1, 0.15) is 5.82 Å². The SMILES string of the molecule is CS(=O)(=O)c1ccccc1CN1CCC(N2CCCN(Cc3ccc(F)cc3)CC2)CC1.Cl. The van der Waals surface area contributed by atoms with Crippen molar-refractivity contribution in [3.8, 4) is 0 Å². The van der Waals surface area contributed by atoms with E-state index in [2.05, 4.69) is 14.7 Å². The maximum absolute atomic E-state index is 13.2. The predicted molar refractivity (Wildman–Crippen MR) is 133 cm³/mol. The lowest BCUT2D eigenvalue weighted by atomic mass is 10.0. The molecule has 8 heteroatoms. The molecule has 2 aromatic rings. The van der Waals surface area contributed by atoms with Crippen LogP contribution in [-0.4, -0.2) is 74.7 Å². The first kappa shape index (κ1) is 26.1. The summed E-state index contributed by atoms with van der Waals surface area (Å²) in [4.78, 5) is 7.96. The van der Waals surface area contributed by atoms with Gasteiger partial charge in [-0.25, -0.2) is 12.8 Å². The Morgan fingerprint density at radius 3 is 2.21 bits per heavy atom. The molecule has 0 aromatic heterocycles. The highest BCUT2D eigenvalue weighted by atomic mass is 35.5. The first-order chi connectivity index (χ1) is 15.4. The van der Waals surface area contributed by atoms with Gasteiger partial charge in [-0.15, -0.1) is 12.4 Å². The smallest absolute Gasteiger partial charge is 0.175 e. The average molecular weight is 496 g/mol. The lowest BCUT2D eigenvalue weighted by Gasteiger charge is -2.38. The molecule has 0 unspecified atom stereocenters. The molecule has 2 heterocycles. The van der Waals surface area contributed by atoms with Gasteiger partial charge in [-0.1, -0.05) is 30.3 Å². The van der Waals surface area contributed by atoms with Crippen LogP contribution < -0.4 is 0 Å². The monoisotopic (exact) mass is 495 g/mol. The van der Waals surface area contributed by atoms with Crippen LogP contribution in [0.15, 0.2) is 53.4 Å². The zero-order valence-electron chi connectivity index (χ0n) is 19.3. The van der Waals surface area contributed by atoms with Crippen molar-refractivity contribution >= 4 is 22.2 Å². The van der Waals surface area contributed by atoms with Crippen molar-refractivity contribution in [3.63, 3.8) is 0 Å². The summed E-state index contributed by atoms with van der Waals surface area (Å²) >= 11 is 0. The molecule has 5 nitrogen and oxygen atoms in total. The Morgan fingerprint density at radius 1 is 0.848 bits per heavy atom. The van der Waals surface area contributed by atoms with Gasteiger partial charge in [0.25, 0.3) is 0 Å². The van der Waals surface area contributed by atoms with Crippen molar-refractivity contribution < 1.29 is 12.8 Å². The number of piperidine rings is 1. The highest BCUT2D eigenvalue weighted by Crippen LogP contribution is 2.23. The Kier molecular flexibility index (Phi) is 9.30. The number of hydrogen-bond acceptors (Lipinski definition) is 5. The van der Waals surface area contributed by atoms with Gasteiger partial charge in [-0.3, -0.25) is 14.7 Å². The molecule has 0 aliphatic carbocycles. The van der Waals surface area contributed by atoms with E-state index in [0.29, 0.717) is 17.5 Å². The molecule has 0 bridgehead atoms. The quantitative estimate of drug-likeness (QED) is 0.609. The van der Waals surface area contributed by atoms with Crippen molar-refractivity contribution in [2.75, 3.05) is 45.5 Å². The van der Waals surface area contributed by atoms with E-state index in [1.807, 2.05) is 24.3 Å². The number of halogens is 2. The third-order valence-electron chi connectivity index (χ3n) is 6.78. The van der Waals surface area contributed by atoms with Crippen molar-refractivity contribution in [2.45, 2.75) is 43.3 Å². The second kappa shape index (κ2) is 11.8. The molecule has 2 fully saturated rings. The number of hydrogen-bond donors (Lipinski definition) is 0. The molecule has 0 saturated carbocycles. The second-order valence-corrected chi connectivity index (χ2v) is 11.2. The van der Waals surface area contributed by atoms with Crippen LogP contribution in [0.4, 0.5) is 4.39 Å². The molecule has 2 aliphatic rings. The minimum atomic E-state index is -3.20. The number of rotatable bonds is 6. The molecular formula is C25H35ClFN3O2S.